The number of hydrogen-bond donors (Lipinski definition) is 0. The first kappa shape index (κ1) is 11.3. The molecule has 0 amide bonds. The van der Waals surface area contributed by atoms with E-state index < -0.39 is 0 Å². The highest BCUT2D eigenvalue weighted by Crippen LogP contribution is 2.25. The molecule has 0 bridgehead atoms. The maximum absolute atomic E-state index is 12.0. The van der Waals surface area contributed by atoms with Crippen molar-refractivity contribution in [3.63, 3.8) is 0 Å². The third-order valence-corrected chi connectivity index (χ3v) is 2.86. The van der Waals surface area contributed by atoms with E-state index in [-0.39, 0.29) is 11.2 Å². The zero-order valence-corrected chi connectivity index (χ0v) is 9.56. The van der Waals surface area contributed by atoms with Gasteiger partial charge in [-0.25, -0.2) is 0 Å². The van der Waals surface area contributed by atoms with Crippen LogP contribution in [-0.2, 0) is 0 Å². The molecule has 14 heavy (non-hydrogen) atoms. The predicted octanol–water partition coefficient (Wildman–Crippen LogP) is 3.96. The Balaban J connectivity index is 2.96. The summed E-state index contributed by atoms with van der Waals surface area (Å²) in [7, 11) is 0. The third-order valence-electron chi connectivity index (χ3n) is 2.60. The quantitative estimate of drug-likeness (QED) is 0.691. The molecule has 0 saturated carbocycles. The minimum Gasteiger partial charge on any atom is -0.294 e. The van der Waals surface area contributed by atoms with Crippen molar-refractivity contribution in [2.45, 2.75) is 27.2 Å². The molecule has 1 aromatic rings. The van der Waals surface area contributed by atoms with Gasteiger partial charge in [0.2, 0.25) is 0 Å². The summed E-state index contributed by atoms with van der Waals surface area (Å²) in [5.41, 5.74) is 0.453. The number of ketones is 1. The molecule has 0 N–H and O–H groups in total. The summed E-state index contributed by atoms with van der Waals surface area (Å²) >= 11 is 5.75. The lowest BCUT2D eigenvalue weighted by atomic mass is 9.82. The number of halogens is 1. The van der Waals surface area contributed by atoms with Crippen molar-refractivity contribution in [2.75, 3.05) is 0 Å². The Morgan fingerprint density at radius 2 is 1.79 bits per heavy atom. The average molecular weight is 211 g/mol. The fourth-order valence-corrected chi connectivity index (χ4v) is 1.28. The molecule has 0 fully saturated rings. The zero-order valence-electron chi connectivity index (χ0n) is 8.80. The van der Waals surface area contributed by atoms with Crippen molar-refractivity contribution in [1.29, 1.82) is 0 Å². The van der Waals surface area contributed by atoms with Gasteiger partial charge in [-0.05, 0) is 30.7 Å². The maximum atomic E-state index is 12.0. The molecule has 76 valence electrons. The highest BCUT2D eigenvalue weighted by molar-refractivity contribution is 6.30. The van der Waals surface area contributed by atoms with Crippen LogP contribution < -0.4 is 0 Å². The molecule has 0 heterocycles. The van der Waals surface area contributed by atoms with Gasteiger partial charge in [-0.1, -0.05) is 32.4 Å². The minimum atomic E-state index is -0.284. The summed E-state index contributed by atoms with van der Waals surface area (Å²) in [4.78, 5) is 12.0. The summed E-state index contributed by atoms with van der Waals surface area (Å²) in [6.45, 7) is 5.95. The van der Waals surface area contributed by atoms with Crippen LogP contribution in [0, 0.1) is 5.41 Å². The van der Waals surface area contributed by atoms with Crippen molar-refractivity contribution < 1.29 is 4.79 Å². The van der Waals surface area contributed by atoms with E-state index in [4.69, 9.17) is 11.6 Å². The molecule has 0 aromatic heterocycles. The van der Waals surface area contributed by atoms with Gasteiger partial charge in [0, 0.05) is 16.0 Å². The monoisotopic (exact) mass is 210 g/mol. The lowest BCUT2D eigenvalue weighted by Crippen LogP contribution is -2.23. The molecule has 1 aromatic carbocycles. The van der Waals surface area contributed by atoms with Gasteiger partial charge in [-0.2, -0.15) is 0 Å². The average Bonchev–Trinajstić information content (AvgIpc) is 2.18. The second-order valence-corrected chi connectivity index (χ2v) is 4.51. The first-order valence-corrected chi connectivity index (χ1v) is 5.15. The van der Waals surface area contributed by atoms with Gasteiger partial charge in [0.1, 0.15) is 0 Å². The molecule has 0 radical (unpaired) electrons. The van der Waals surface area contributed by atoms with Crippen molar-refractivity contribution in [2.24, 2.45) is 5.41 Å². The SMILES string of the molecule is CCC(C)(C)C(=O)c1ccc(Cl)cc1. The molecule has 0 aliphatic carbocycles. The van der Waals surface area contributed by atoms with Crippen LogP contribution in [0.1, 0.15) is 37.6 Å². The molecule has 1 nitrogen and oxygen atoms in total. The van der Waals surface area contributed by atoms with Crippen LogP contribution in [0.2, 0.25) is 5.02 Å². The van der Waals surface area contributed by atoms with Gasteiger partial charge in [0.05, 0.1) is 0 Å². The summed E-state index contributed by atoms with van der Waals surface area (Å²) in [5, 5.41) is 0.663. The number of rotatable bonds is 3. The second-order valence-electron chi connectivity index (χ2n) is 4.07. The number of hydrogen-bond acceptors (Lipinski definition) is 1. The van der Waals surface area contributed by atoms with Crippen LogP contribution >= 0.6 is 11.6 Å². The Morgan fingerprint density at radius 3 is 2.21 bits per heavy atom. The van der Waals surface area contributed by atoms with Crippen molar-refractivity contribution in [3.8, 4) is 0 Å². The highest BCUT2D eigenvalue weighted by Gasteiger charge is 2.26. The molecule has 0 saturated heterocycles. The smallest absolute Gasteiger partial charge is 0.168 e. The van der Waals surface area contributed by atoms with E-state index in [1.165, 1.54) is 0 Å². The Bertz CT molecular complexity index is 325. The molecule has 0 atom stereocenters. The molecule has 0 spiro atoms. The van der Waals surface area contributed by atoms with Crippen LogP contribution in [0.4, 0.5) is 0 Å². The lowest BCUT2D eigenvalue weighted by molar-refractivity contribution is 0.0833. The van der Waals surface area contributed by atoms with Gasteiger partial charge in [-0.15, -0.1) is 0 Å². The van der Waals surface area contributed by atoms with Crippen LogP contribution in [0.5, 0.6) is 0 Å². The van der Waals surface area contributed by atoms with Gasteiger partial charge < -0.3 is 0 Å². The molecular formula is C12H15ClO. The molecule has 0 unspecified atom stereocenters. The van der Waals surface area contributed by atoms with Crippen LogP contribution in [0.3, 0.4) is 0 Å². The fourth-order valence-electron chi connectivity index (χ4n) is 1.15. The van der Waals surface area contributed by atoms with Gasteiger partial charge in [0.15, 0.2) is 5.78 Å². The fraction of sp³-hybridized carbons (Fsp3) is 0.417. The number of carbonyl (C=O) groups is 1. The highest BCUT2D eigenvalue weighted by atomic mass is 35.5. The van der Waals surface area contributed by atoms with Crippen LogP contribution in [0.25, 0.3) is 0 Å². The Morgan fingerprint density at radius 1 is 1.29 bits per heavy atom. The molecule has 1 rings (SSSR count). The van der Waals surface area contributed by atoms with Crippen molar-refractivity contribution in [1.82, 2.24) is 0 Å². The first-order chi connectivity index (χ1) is 6.47. The van der Waals surface area contributed by atoms with Crippen molar-refractivity contribution in [3.05, 3.63) is 34.9 Å². The predicted molar refractivity (Wildman–Crippen MR) is 59.9 cm³/mol. The standard InChI is InChI=1S/C12H15ClO/c1-4-12(2,3)11(14)9-5-7-10(13)8-6-9/h5-8H,4H2,1-3H3. The Kier molecular flexibility index (Phi) is 3.33. The summed E-state index contributed by atoms with van der Waals surface area (Å²) < 4.78 is 0. The molecule has 0 aliphatic rings. The molecular weight excluding hydrogens is 196 g/mol. The van der Waals surface area contributed by atoms with E-state index >= 15 is 0 Å². The summed E-state index contributed by atoms with van der Waals surface area (Å²) in [6.07, 6.45) is 0.842. The van der Waals surface area contributed by atoms with E-state index in [1.807, 2.05) is 20.8 Å². The van der Waals surface area contributed by atoms with E-state index in [0.717, 1.165) is 12.0 Å². The van der Waals surface area contributed by atoms with E-state index in [1.54, 1.807) is 24.3 Å². The van der Waals surface area contributed by atoms with Gasteiger partial charge >= 0.3 is 0 Å². The van der Waals surface area contributed by atoms with Crippen molar-refractivity contribution >= 4 is 17.4 Å². The molecule has 2 heteroatoms. The first-order valence-electron chi connectivity index (χ1n) is 4.78. The zero-order chi connectivity index (χ0) is 10.8. The van der Waals surface area contributed by atoms with E-state index in [9.17, 15) is 4.79 Å². The van der Waals surface area contributed by atoms with E-state index in [2.05, 4.69) is 0 Å². The Hall–Kier alpha value is -0.820. The minimum absolute atomic E-state index is 0.177. The summed E-state index contributed by atoms with van der Waals surface area (Å²) in [6, 6.07) is 7.06. The second kappa shape index (κ2) is 4.14. The van der Waals surface area contributed by atoms with Crippen LogP contribution in [-0.4, -0.2) is 5.78 Å². The number of carbonyl (C=O) groups excluding carboxylic acids is 1. The normalized spacial score (nSPS) is 11.4. The van der Waals surface area contributed by atoms with E-state index in [0.29, 0.717) is 5.02 Å². The number of Topliss-reactive ketones (excluding diaryl/α,β-unsaturated/α-hetero) is 1. The summed E-state index contributed by atoms with van der Waals surface area (Å²) in [5.74, 6) is 0.177. The largest absolute Gasteiger partial charge is 0.294 e. The van der Waals surface area contributed by atoms with Crippen LogP contribution in [0.15, 0.2) is 24.3 Å². The third kappa shape index (κ3) is 2.36. The lowest BCUT2D eigenvalue weighted by Gasteiger charge is -2.20. The van der Waals surface area contributed by atoms with Gasteiger partial charge in [-0.3, -0.25) is 4.79 Å². The molecule has 0 aliphatic heterocycles. The Labute approximate surface area is 90.1 Å². The maximum Gasteiger partial charge on any atom is 0.168 e. The topological polar surface area (TPSA) is 17.1 Å². The number of benzene rings is 1. The van der Waals surface area contributed by atoms with Gasteiger partial charge in [0.25, 0.3) is 0 Å².